The van der Waals surface area contributed by atoms with Crippen LogP contribution in [0.5, 0.6) is 0 Å². The number of ether oxygens (including phenoxy) is 1. The van der Waals surface area contributed by atoms with E-state index in [-0.39, 0.29) is 24.5 Å². The number of anilines is 2. The van der Waals surface area contributed by atoms with Gasteiger partial charge in [0.05, 0.1) is 5.52 Å². The van der Waals surface area contributed by atoms with Crippen molar-refractivity contribution >= 4 is 40.4 Å². The highest BCUT2D eigenvalue weighted by atomic mass is 16.5. The molecule has 3 saturated heterocycles. The fourth-order valence-corrected chi connectivity index (χ4v) is 7.77. The Morgan fingerprint density at radius 3 is 2.51 bits per heavy atom. The smallest absolute Gasteiger partial charge is 0.407 e. The summed E-state index contributed by atoms with van der Waals surface area (Å²) in [5, 5.41) is 11.0. The zero-order valence-electron chi connectivity index (χ0n) is 26.0. The molecule has 2 aromatic carbocycles. The molecule has 45 heavy (non-hydrogen) atoms. The molecule has 3 aromatic rings. The molecule has 3 aliphatic heterocycles. The van der Waals surface area contributed by atoms with Crippen molar-refractivity contribution in [1.82, 2.24) is 25.3 Å². The van der Waals surface area contributed by atoms with E-state index in [0.717, 1.165) is 55.5 Å². The number of imide groups is 1. The molecule has 0 radical (unpaired) electrons. The minimum absolute atomic E-state index is 0.233. The summed E-state index contributed by atoms with van der Waals surface area (Å²) >= 11 is 0. The first-order valence-corrected chi connectivity index (χ1v) is 16.4. The molecule has 4 heterocycles. The van der Waals surface area contributed by atoms with Gasteiger partial charge in [0.15, 0.2) is 5.82 Å². The maximum Gasteiger partial charge on any atom is 0.407 e. The van der Waals surface area contributed by atoms with Gasteiger partial charge in [-0.3, -0.25) is 19.7 Å². The van der Waals surface area contributed by atoms with Crippen LogP contribution in [0.3, 0.4) is 0 Å². The minimum atomic E-state index is -0.410. The lowest BCUT2D eigenvalue weighted by Gasteiger charge is -2.52. The summed E-state index contributed by atoms with van der Waals surface area (Å²) in [5.41, 5.74) is 3.55. The van der Waals surface area contributed by atoms with E-state index in [4.69, 9.17) is 4.74 Å². The number of benzene rings is 2. The van der Waals surface area contributed by atoms with Gasteiger partial charge in [-0.1, -0.05) is 30.3 Å². The number of alkyl carbamates (subject to hydrolysis) is 1. The number of hydrogen-bond acceptors (Lipinski definition) is 7. The number of carbonyl (C=O) groups excluding carboxylic acids is 3. The molecular formula is C34H43N7O4. The first kappa shape index (κ1) is 29.6. The average molecular weight is 614 g/mol. The molecule has 1 aromatic heterocycles. The first-order valence-electron chi connectivity index (χ1n) is 16.4. The second kappa shape index (κ2) is 12.3. The molecule has 238 valence electrons. The number of nitrogens with zero attached hydrogens (tertiary/aromatic N) is 5. The Labute approximate surface area is 263 Å². The van der Waals surface area contributed by atoms with E-state index in [9.17, 15) is 14.4 Å². The van der Waals surface area contributed by atoms with Crippen molar-refractivity contribution in [2.24, 2.45) is 18.4 Å². The molecule has 4 aliphatic rings. The average Bonchev–Trinajstić information content (AvgIpc) is 3.36. The standard InChI is InChI=1S/C34H43N7O4/c1-38-29-19-27(7-8-28(29)31(37-38)41-16-11-30(42)36-32(41)43)40-14-9-24(10-15-40)22-39-17-12-34(13-18-39)20-26(21-34)35-33(44)45-23-25-5-3-2-4-6-25/h2-8,19,24,26H,9-18,20-23H2,1H3,(H,35,44)(H,36,42,43). The van der Waals surface area contributed by atoms with Crippen molar-refractivity contribution in [3.8, 4) is 0 Å². The van der Waals surface area contributed by atoms with E-state index < -0.39 is 6.03 Å². The highest BCUT2D eigenvalue weighted by molar-refractivity contribution is 6.09. The highest BCUT2D eigenvalue weighted by Crippen LogP contribution is 2.49. The molecular weight excluding hydrogens is 570 g/mol. The summed E-state index contributed by atoms with van der Waals surface area (Å²) in [6, 6.07) is 16.0. The van der Waals surface area contributed by atoms with Crippen LogP contribution in [-0.2, 0) is 23.2 Å². The SMILES string of the molecule is Cn1nc(N2CCC(=O)NC2=O)c2ccc(N3CCC(CN4CCC5(CC4)CC(NC(=O)OCc4ccccc4)C5)CC3)cc21. The van der Waals surface area contributed by atoms with Gasteiger partial charge in [-0.15, -0.1) is 0 Å². The van der Waals surface area contributed by atoms with Crippen LogP contribution < -0.4 is 20.4 Å². The van der Waals surface area contributed by atoms with Crippen LogP contribution in [0.1, 0.15) is 50.5 Å². The number of piperidine rings is 2. The lowest BCUT2D eigenvalue weighted by atomic mass is 9.60. The number of hydrogen-bond donors (Lipinski definition) is 2. The summed E-state index contributed by atoms with van der Waals surface area (Å²) in [6.07, 6.45) is 6.88. The fourth-order valence-electron chi connectivity index (χ4n) is 7.77. The molecule has 0 atom stereocenters. The molecule has 1 saturated carbocycles. The maximum absolute atomic E-state index is 12.4. The summed E-state index contributed by atoms with van der Waals surface area (Å²) < 4.78 is 7.24. The maximum atomic E-state index is 12.4. The Morgan fingerprint density at radius 2 is 1.78 bits per heavy atom. The van der Waals surface area contributed by atoms with Crippen LogP contribution in [0.2, 0.25) is 0 Å². The van der Waals surface area contributed by atoms with Crippen molar-refractivity contribution in [1.29, 1.82) is 0 Å². The molecule has 7 rings (SSSR count). The van der Waals surface area contributed by atoms with E-state index in [2.05, 4.69) is 43.7 Å². The number of fused-ring (bicyclic) bond motifs is 1. The van der Waals surface area contributed by atoms with E-state index in [0.29, 0.717) is 30.3 Å². The summed E-state index contributed by atoms with van der Waals surface area (Å²) in [7, 11) is 1.90. The number of aromatic nitrogens is 2. The molecule has 11 nitrogen and oxygen atoms in total. The second-order valence-corrected chi connectivity index (χ2v) is 13.4. The van der Waals surface area contributed by atoms with Crippen LogP contribution in [0.25, 0.3) is 10.9 Å². The molecule has 0 unspecified atom stereocenters. The van der Waals surface area contributed by atoms with Gasteiger partial charge in [-0.05, 0) is 86.7 Å². The van der Waals surface area contributed by atoms with Gasteiger partial charge in [-0.2, -0.15) is 5.10 Å². The van der Waals surface area contributed by atoms with Crippen LogP contribution in [0.15, 0.2) is 48.5 Å². The number of urea groups is 1. The van der Waals surface area contributed by atoms with Gasteiger partial charge in [0.2, 0.25) is 5.91 Å². The molecule has 1 spiro atoms. The lowest BCUT2D eigenvalue weighted by Crippen LogP contribution is -2.55. The predicted molar refractivity (Wildman–Crippen MR) is 172 cm³/mol. The van der Waals surface area contributed by atoms with E-state index in [1.807, 2.05) is 42.1 Å². The van der Waals surface area contributed by atoms with Gasteiger partial charge < -0.3 is 19.9 Å². The summed E-state index contributed by atoms with van der Waals surface area (Å²) in [6.45, 7) is 6.17. The third-order valence-corrected chi connectivity index (χ3v) is 10.4. The number of rotatable bonds is 7. The Hall–Kier alpha value is -4.12. The molecule has 2 N–H and O–H groups in total. The zero-order valence-corrected chi connectivity index (χ0v) is 26.0. The molecule has 1 aliphatic carbocycles. The van der Waals surface area contributed by atoms with Gasteiger partial charge in [0.25, 0.3) is 0 Å². The molecule has 4 amide bonds. The Balaban J connectivity index is 0.847. The number of amides is 4. The predicted octanol–water partition coefficient (Wildman–Crippen LogP) is 4.41. The molecule has 4 fully saturated rings. The largest absolute Gasteiger partial charge is 0.445 e. The van der Waals surface area contributed by atoms with E-state index in [1.165, 1.54) is 37.9 Å². The van der Waals surface area contributed by atoms with Crippen LogP contribution in [-0.4, -0.2) is 78.0 Å². The summed E-state index contributed by atoms with van der Waals surface area (Å²) in [4.78, 5) is 43.0. The van der Waals surface area contributed by atoms with E-state index >= 15 is 0 Å². The Bertz CT molecular complexity index is 1550. The number of aryl methyl sites for hydroxylation is 1. The van der Waals surface area contributed by atoms with Crippen molar-refractivity contribution in [3.05, 3.63) is 54.1 Å². The number of likely N-dealkylation sites (tertiary alicyclic amines) is 1. The third kappa shape index (κ3) is 6.36. The van der Waals surface area contributed by atoms with Gasteiger partial charge in [0.1, 0.15) is 6.61 Å². The lowest BCUT2D eigenvalue weighted by molar-refractivity contribution is -0.120. The van der Waals surface area contributed by atoms with Gasteiger partial charge in [0, 0.05) is 56.8 Å². The number of carbonyl (C=O) groups is 3. The van der Waals surface area contributed by atoms with Crippen molar-refractivity contribution in [2.75, 3.05) is 49.1 Å². The van der Waals surface area contributed by atoms with Gasteiger partial charge >= 0.3 is 12.1 Å². The topological polar surface area (TPSA) is 112 Å². The van der Waals surface area contributed by atoms with Crippen LogP contribution >= 0.6 is 0 Å². The quantitative estimate of drug-likeness (QED) is 0.406. The summed E-state index contributed by atoms with van der Waals surface area (Å²) in [5.74, 6) is 1.06. The normalized spacial score (nSPS) is 21.2. The fraction of sp³-hybridized carbons (Fsp3) is 0.529. The molecule has 0 bridgehead atoms. The monoisotopic (exact) mass is 613 g/mol. The van der Waals surface area contributed by atoms with Crippen molar-refractivity contribution in [3.63, 3.8) is 0 Å². The Morgan fingerprint density at radius 1 is 1.02 bits per heavy atom. The van der Waals surface area contributed by atoms with Crippen molar-refractivity contribution in [2.45, 2.75) is 57.6 Å². The zero-order chi connectivity index (χ0) is 31.0. The molecule has 11 heteroatoms. The Kier molecular flexibility index (Phi) is 8.12. The van der Waals surface area contributed by atoms with Crippen LogP contribution in [0, 0.1) is 11.3 Å². The van der Waals surface area contributed by atoms with Crippen molar-refractivity contribution < 1.29 is 19.1 Å². The second-order valence-electron chi connectivity index (χ2n) is 13.4. The van der Waals surface area contributed by atoms with Crippen LogP contribution in [0.4, 0.5) is 21.1 Å². The third-order valence-electron chi connectivity index (χ3n) is 10.4. The van der Waals surface area contributed by atoms with E-state index in [1.54, 1.807) is 4.90 Å². The van der Waals surface area contributed by atoms with Gasteiger partial charge in [-0.25, -0.2) is 9.59 Å². The minimum Gasteiger partial charge on any atom is -0.445 e. The highest BCUT2D eigenvalue weighted by Gasteiger charge is 2.46. The first-order chi connectivity index (χ1) is 21.8. The number of nitrogens with one attached hydrogen (secondary N) is 2.